The fourth-order valence-corrected chi connectivity index (χ4v) is 5.74. The molecule has 2 bridgehead atoms. The van der Waals surface area contributed by atoms with Crippen LogP contribution in [0.25, 0.3) is 11.2 Å². The molecule has 0 spiro atoms. The summed E-state index contributed by atoms with van der Waals surface area (Å²) in [5, 5.41) is 4.57. The second kappa shape index (κ2) is 6.47. The number of ether oxygens (including phenoxy) is 1. The van der Waals surface area contributed by atoms with E-state index in [0.29, 0.717) is 6.04 Å². The molecule has 4 heterocycles. The Morgan fingerprint density at radius 2 is 1.78 bits per heavy atom. The molecule has 8 heteroatoms. The molecule has 166 valence electrons. The monoisotopic (exact) mass is 431 g/mol. The number of aromatic nitrogens is 6. The third kappa shape index (κ3) is 2.81. The summed E-state index contributed by atoms with van der Waals surface area (Å²) in [5.41, 5.74) is 5.99. The summed E-state index contributed by atoms with van der Waals surface area (Å²) < 4.78 is 8.41. The minimum absolute atomic E-state index is 0.0326. The Hall–Kier alpha value is -2.61. The van der Waals surface area contributed by atoms with Gasteiger partial charge in [-0.05, 0) is 58.8 Å². The summed E-state index contributed by atoms with van der Waals surface area (Å²) in [5.74, 6) is 1.64. The number of anilines is 1. The third-order valence-corrected chi connectivity index (χ3v) is 7.93. The van der Waals surface area contributed by atoms with Crippen LogP contribution in [0, 0.1) is 19.8 Å². The van der Waals surface area contributed by atoms with E-state index >= 15 is 0 Å². The molecule has 0 N–H and O–H groups in total. The van der Waals surface area contributed by atoms with Crippen molar-refractivity contribution >= 4 is 17.1 Å². The van der Waals surface area contributed by atoms with E-state index in [1.54, 1.807) is 0 Å². The van der Waals surface area contributed by atoms with Crippen molar-refractivity contribution in [3.63, 3.8) is 0 Å². The minimum Gasteiger partial charge on any atom is -0.367 e. The summed E-state index contributed by atoms with van der Waals surface area (Å²) in [6, 6.07) is 0.575. The average molecular weight is 432 g/mol. The second-order valence-corrected chi connectivity index (χ2v) is 10.5. The van der Waals surface area contributed by atoms with Gasteiger partial charge in [-0.3, -0.25) is 4.68 Å². The Labute approximate surface area is 187 Å². The summed E-state index contributed by atoms with van der Waals surface area (Å²) in [6.45, 7) is 7.65. The third-order valence-electron chi connectivity index (χ3n) is 7.93. The van der Waals surface area contributed by atoms with Gasteiger partial charge in [-0.15, -0.1) is 0 Å². The predicted octanol–water partition coefficient (Wildman–Crippen LogP) is 3.59. The molecule has 5 aliphatic rings. The Balaban J connectivity index is 1.27. The smallest absolute Gasteiger partial charge is 0.227 e. The molecule has 4 saturated carbocycles. The Morgan fingerprint density at radius 1 is 1.00 bits per heavy atom. The lowest BCUT2D eigenvalue weighted by Crippen LogP contribution is -2.56. The van der Waals surface area contributed by atoms with Crippen LogP contribution >= 0.6 is 0 Å². The highest BCUT2D eigenvalue weighted by Crippen LogP contribution is 2.65. The second-order valence-electron chi connectivity index (χ2n) is 10.5. The topological polar surface area (TPSA) is 81.9 Å². The number of hydrogen-bond acceptors (Lipinski definition) is 7. The van der Waals surface area contributed by atoms with Gasteiger partial charge in [0.2, 0.25) is 5.95 Å². The van der Waals surface area contributed by atoms with Crippen LogP contribution in [-0.2, 0) is 10.2 Å². The molecule has 32 heavy (non-hydrogen) atoms. The van der Waals surface area contributed by atoms with E-state index < -0.39 is 0 Å². The van der Waals surface area contributed by atoms with Crippen LogP contribution in [0.4, 0.5) is 5.95 Å². The first-order chi connectivity index (χ1) is 15.5. The van der Waals surface area contributed by atoms with Gasteiger partial charge >= 0.3 is 0 Å². The lowest BCUT2D eigenvalue weighted by molar-refractivity contribution is -0.0301. The lowest BCUT2D eigenvalue weighted by atomic mass is 9.43. The first kappa shape index (κ1) is 18.9. The molecular weight excluding hydrogens is 402 g/mol. The van der Waals surface area contributed by atoms with Crippen LogP contribution in [0.2, 0.25) is 0 Å². The molecule has 8 nitrogen and oxygen atoms in total. The van der Waals surface area contributed by atoms with Gasteiger partial charge in [0.05, 0.1) is 42.0 Å². The lowest BCUT2D eigenvalue weighted by Gasteiger charge is -2.61. The van der Waals surface area contributed by atoms with Crippen LogP contribution in [0.1, 0.15) is 73.8 Å². The van der Waals surface area contributed by atoms with Gasteiger partial charge in [0.1, 0.15) is 11.6 Å². The van der Waals surface area contributed by atoms with Gasteiger partial charge < -0.3 is 9.64 Å². The van der Waals surface area contributed by atoms with Crippen LogP contribution in [-0.4, -0.2) is 48.9 Å². The Bertz CT molecular complexity index is 1220. The number of aryl methyl sites for hydroxylation is 2. The van der Waals surface area contributed by atoms with Crippen molar-refractivity contribution in [2.75, 3.05) is 18.0 Å². The maximum Gasteiger partial charge on any atom is 0.227 e. The van der Waals surface area contributed by atoms with Crippen molar-refractivity contribution in [1.82, 2.24) is 29.7 Å². The van der Waals surface area contributed by atoms with Gasteiger partial charge in [0, 0.05) is 23.7 Å². The van der Waals surface area contributed by atoms with E-state index in [4.69, 9.17) is 24.7 Å². The summed E-state index contributed by atoms with van der Waals surface area (Å²) in [7, 11) is 0. The fraction of sp³-hybridized carbons (Fsp3) is 0.625. The molecule has 0 aromatic carbocycles. The van der Waals surface area contributed by atoms with E-state index in [2.05, 4.69) is 27.8 Å². The van der Waals surface area contributed by atoms with Crippen LogP contribution in [0.15, 0.2) is 12.4 Å². The zero-order chi connectivity index (χ0) is 21.6. The number of rotatable bonds is 4. The highest BCUT2D eigenvalue weighted by atomic mass is 16.5. The molecule has 1 saturated heterocycles. The standard InChI is InChI=1S/C24H29N7O/c1-13-10-30(12-19(32-13)17-9-25-31(11-17)18-4-5-18)23-28-21(24-6-16(7-24)8-24)20-22(29-23)27-15(3)14(2)26-20/h9,11,13,16,18-19H,4-8,10,12H2,1-3H3/t13-,16?,19-,24?/m1/s1. The van der Waals surface area contributed by atoms with Gasteiger partial charge in [-0.2, -0.15) is 10.1 Å². The molecule has 3 aromatic heterocycles. The van der Waals surface area contributed by atoms with Crippen molar-refractivity contribution in [3.8, 4) is 0 Å². The molecule has 3 aromatic rings. The zero-order valence-corrected chi connectivity index (χ0v) is 19.0. The minimum atomic E-state index is -0.0326. The molecule has 2 atom stereocenters. The molecule has 1 aliphatic heterocycles. The Kier molecular flexibility index (Phi) is 3.82. The molecule has 5 fully saturated rings. The Morgan fingerprint density at radius 3 is 2.50 bits per heavy atom. The van der Waals surface area contributed by atoms with Crippen molar-refractivity contribution in [2.24, 2.45) is 5.92 Å². The molecule has 0 amide bonds. The van der Waals surface area contributed by atoms with E-state index in [1.807, 2.05) is 20.0 Å². The molecule has 4 aliphatic carbocycles. The maximum absolute atomic E-state index is 6.32. The molecular formula is C24H29N7O. The highest BCUT2D eigenvalue weighted by molar-refractivity contribution is 5.76. The number of morpholine rings is 1. The average Bonchev–Trinajstić information content (AvgIpc) is 3.43. The SMILES string of the molecule is Cc1nc2nc(N3C[C@@H](C)O[C@@H](c4cnn(C5CC5)c4)C3)nc(C34CC(C3)C4)c2nc1C. The quantitative estimate of drug-likeness (QED) is 0.624. The van der Waals surface area contributed by atoms with Crippen LogP contribution < -0.4 is 4.90 Å². The highest BCUT2D eigenvalue weighted by Gasteiger charge is 2.59. The molecule has 0 radical (unpaired) electrons. The van der Waals surface area contributed by atoms with Crippen molar-refractivity contribution in [2.45, 2.75) is 76.5 Å². The van der Waals surface area contributed by atoms with Crippen molar-refractivity contribution in [3.05, 3.63) is 35.0 Å². The summed E-state index contributed by atoms with van der Waals surface area (Å²) in [4.78, 5) is 22.1. The molecule has 8 rings (SSSR count). The van der Waals surface area contributed by atoms with E-state index in [1.165, 1.54) is 32.1 Å². The zero-order valence-electron chi connectivity index (χ0n) is 19.0. The van der Waals surface area contributed by atoms with Crippen molar-refractivity contribution in [1.29, 1.82) is 0 Å². The van der Waals surface area contributed by atoms with Crippen molar-refractivity contribution < 1.29 is 4.74 Å². The normalized spacial score (nSPS) is 31.5. The van der Waals surface area contributed by atoms with E-state index in [0.717, 1.165) is 58.8 Å². The van der Waals surface area contributed by atoms with E-state index in [9.17, 15) is 0 Å². The van der Waals surface area contributed by atoms with Gasteiger partial charge in [0.15, 0.2) is 5.65 Å². The first-order valence-corrected chi connectivity index (χ1v) is 12.0. The molecule has 0 unspecified atom stereocenters. The van der Waals surface area contributed by atoms with Crippen LogP contribution in [0.3, 0.4) is 0 Å². The predicted molar refractivity (Wildman–Crippen MR) is 120 cm³/mol. The number of fused-ring (bicyclic) bond motifs is 1. The number of nitrogens with zero attached hydrogens (tertiary/aromatic N) is 7. The fourth-order valence-electron chi connectivity index (χ4n) is 5.74. The van der Waals surface area contributed by atoms with Gasteiger partial charge in [-0.1, -0.05) is 0 Å². The van der Waals surface area contributed by atoms with Gasteiger partial charge in [-0.25, -0.2) is 15.0 Å². The van der Waals surface area contributed by atoms with Crippen LogP contribution in [0.5, 0.6) is 0 Å². The van der Waals surface area contributed by atoms with Gasteiger partial charge in [0.25, 0.3) is 0 Å². The maximum atomic E-state index is 6.32. The number of hydrogen-bond donors (Lipinski definition) is 0. The summed E-state index contributed by atoms with van der Waals surface area (Å²) in [6.07, 6.45) is 10.3. The summed E-state index contributed by atoms with van der Waals surface area (Å²) >= 11 is 0. The first-order valence-electron chi connectivity index (χ1n) is 12.0. The van der Waals surface area contributed by atoms with E-state index in [-0.39, 0.29) is 17.6 Å². The largest absolute Gasteiger partial charge is 0.367 e.